The molecule has 0 bridgehead atoms. The number of methoxy groups -OCH3 is 1. The molecule has 5 nitrogen and oxygen atoms in total. The van der Waals surface area contributed by atoms with Gasteiger partial charge in [-0.2, -0.15) is 13.2 Å². The van der Waals surface area contributed by atoms with Crippen LogP contribution < -0.4 is 15.4 Å². The van der Waals surface area contributed by atoms with Gasteiger partial charge in [0.25, 0.3) is 0 Å². The Balaban J connectivity index is 0.00000450. The van der Waals surface area contributed by atoms with Crippen LogP contribution in [0.5, 0.6) is 5.75 Å². The molecule has 0 aromatic heterocycles. The third-order valence-electron chi connectivity index (χ3n) is 4.06. The summed E-state index contributed by atoms with van der Waals surface area (Å²) in [5, 5.41) is 6.17. The quantitative estimate of drug-likeness (QED) is 0.213. The molecule has 166 valence electrons. The molecule has 9 heteroatoms. The Bertz CT molecular complexity index is 801. The van der Waals surface area contributed by atoms with E-state index in [1.165, 1.54) is 6.07 Å². The maximum absolute atomic E-state index is 12.8. The lowest BCUT2D eigenvalue weighted by Gasteiger charge is -2.14. The van der Waals surface area contributed by atoms with Gasteiger partial charge in [-0.25, -0.2) is 0 Å². The van der Waals surface area contributed by atoms with Crippen LogP contribution in [0.2, 0.25) is 0 Å². The summed E-state index contributed by atoms with van der Waals surface area (Å²) < 4.78 is 49.1. The van der Waals surface area contributed by atoms with Gasteiger partial charge in [-0.05, 0) is 35.4 Å². The molecule has 0 saturated heterocycles. The molecular weight excluding hydrogens is 510 g/mol. The van der Waals surface area contributed by atoms with Crippen LogP contribution in [0.4, 0.5) is 13.2 Å². The van der Waals surface area contributed by atoms with Crippen molar-refractivity contribution in [3.05, 3.63) is 65.2 Å². The molecule has 0 atom stereocenters. The lowest BCUT2D eigenvalue weighted by molar-refractivity contribution is -0.137. The van der Waals surface area contributed by atoms with E-state index in [0.29, 0.717) is 31.3 Å². The van der Waals surface area contributed by atoms with E-state index in [9.17, 15) is 13.2 Å². The first kappa shape index (κ1) is 26.0. The summed E-state index contributed by atoms with van der Waals surface area (Å²) in [6, 6.07) is 12.9. The molecular formula is C21H27F3IN3O2. The van der Waals surface area contributed by atoms with E-state index in [4.69, 9.17) is 9.47 Å². The second-order valence-electron chi connectivity index (χ2n) is 6.32. The van der Waals surface area contributed by atoms with Crippen molar-refractivity contribution in [1.82, 2.24) is 10.6 Å². The fraction of sp³-hybridized carbons (Fsp3) is 0.381. The number of nitrogens with one attached hydrogen (secondary N) is 2. The third-order valence-corrected chi connectivity index (χ3v) is 4.06. The number of nitrogens with zero attached hydrogens (tertiary/aromatic N) is 1. The minimum Gasteiger partial charge on any atom is -0.493 e. The molecule has 0 heterocycles. The first-order chi connectivity index (χ1) is 13.9. The number of hydrogen-bond acceptors (Lipinski definition) is 3. The van der Waals surface area contributed by atoms with Crippen molar-refractivity contribution in [1.29, 1.82) is 0 Å². The SMILES string of the molecule is CN=C(NCc1cccc(OCCCOC)c1)NCc1cccc(C(F)(F)F)c1.I. The Morgan fingerprint density at radius 3 is 2.20 bits per heavy atom. The molecule has 0 aliphatic rings. The minimum absolute atomic E-state index is 0. The molecule has 2 aromatic carbocycles. The highest BCUT2D eigenvalue weighted by molar-refractivity contribution is 14.0. The number of alkyl halides is 3. The molecule has 2 rings (SSSR count). The Labute approximate surface area is 192 Å². The van der Waals surface area contributed by atoms with Crippen molar-refractivity contribution >= 4 is 29.9 Å². The third kappa shape index (κ3) is 9.21. The van der Waals surface area contributed by atoms with Crippen LogP contribution in [0.25, 0.3) is 0 Å². The number of rotatable bonds is 9. The number of hydrogen-bond donors (Lipinski definition) is 2. The van der Waals surface area contributed by atoms with Crippen LogP contribution in [-0.4, -0.2) is 33.3 Å². The van der Waals surface area contributed by atoms with Crippen molar-refractivity contribution in [3.8, 4) is 5.75 Å². The van der Waals surface area contributed by atoms with E-state index in [0.717, 1.165) is 29.9 Å². The Kier molecular flexibility index (Phi) is 11.6. The average molecular weight is 537 g/mol. The van der Waals surface area contributed by atoms with Crippen LogP contribution in [0.3, 0.4) is 0 Å². The van der Waals surface area contributed by atoms with E-state index in [1.807, 2.05) is 24.3 Å². The van der Waals surface area contributed by atoms with Crippen molar-refractivity contribution in [2.75, 3.05) is 27.4 Å². The summed E-state index contributed by atoms with van der Waals surface area (Å²) in [5.74, 6) is 1.26. The number of aliphatic imine (C=N–C) groups is 1. The first-order valence-electron chi connectivity index (χ1n) is 9.23. The van der Waals surface area contributed by atoms with E-state index < -0.39 is 11.7 Å². The van der Waals surface area contributed by atoms with E-state index >= 15 is 0 Å². The van der Waals surface area contributed by atoms with Crippen molar-refractivity contribution in [2.45, 2.75) is 25.7 Å². The van der Waals surface area contributed by atoms with Crippen molar-refractivity contribution in [3.63, 3.8) is 0 Å². The summed E-state index contributed by atoms with van der Waals surface area (Å²) in [6.45, 7) is 1.95. The van der Waals surface area contributed by atoms with Gasteiger partial charge < -0.3 is 20.1 Å². The second kappa shape index (κ2) is 13.3. The van der Waals surface area contributed by atoms with Gasteiger partial charge in [-0.15, -0.1) is 24.0 Å². The highest BCUT2D eigenvalue weighted by atomic mass is 127. The first-order valence-corrected chi connectivity index (χ1v) is 9.23. The van der Waals surface area contributed by atoms with Crippen molar-refractivity contribution < 1.29 is 22.6 Å². The molecule has 0 spiro atoms. The second-order valence-corrected chi connectivity index (χ2v) is 6.32. The number of ether oxygens (including phenoxy) is 2. The van der Waals surface area contributed by atoms with E-state index in [-0.39, 0.29) is 30.5 Å². The summed E-state index contributed by atoms with van der Waals surface area (Å²) in [4.78, 5) is 4.11. The predicted octanol–water partition coefficient (Wildman–Crippen LogP) is 4.60. The summed E-state index contributed by atoms with van der Waals surface area (Å²) in [5.41, 5.74) is 0.854. The van der Waals surface area contributed by atoms with E-state index in [1.54, 1.807) is 20.2 Å². The minimum atomic E-state index is -4.35. The predicted molar refractivity (Wildman–Crippen MR) is 122 cm³/mol. The largest absolute Gasteiger partial charge is 0.493 e. The molecule has 2 aromatic rings. The number of halogens is 4. The van der Waals surface area contributed by atoms with Gasteiger partial charge in [0.2, 0.25) is 0 Å². The zero-order valence-electron chi connectivity index (χ0n) is 17.0. The van der Waals surface area contributed by atoms with Crippen molar-refractivity contribution in [2.24, 2.45) is 4.99 Å². The van der Waals surface area contributed by atoms with Gasteiger partial charge in [-0.3, -0.25) is 4.99 Å². The van der Waals surface area contributed by atoms with Gasteiger partial charge in [-0.1, -0.05) is 24.3 Å². The fourth-order valence-corrected chi connectivity index (χ4v) is 2.59. The fourth-order valence-electron chi connectivity index (χ4n) is 2.59. The molecule has 0 radical (unpaired) electrons. The summed E-state index contributed by atoms with van der Waals surface area (Å²) in [6.07, 6.45) is -3.54. The monoisotopic (exact) mass is 537 g/mol. The molecule has 0 amide bonds. The zero-order valence-corrected chi connectivity index (χ0v) is 19.3. The molecule has 0 aliphatic carbocycles. The maximum atomic E-state index is 12.8. The smallest absolute Gasteiger partial charge is 0.416 e. The van der Waals surface area contributed by atoms with Gasteiger partial charge in [0.05, 0.1) is 12.2 Å². The molecule has 2 N–H and O–H groups in total. The maximum Gasteiger partial charge on any atom is 0.416 e. The molecule has 0 aliphatic heterocycles. The average Bonchev–Trinajstić information content (AvgIpc) is 2.71. The van der Waals surface area contributed by atoms with Gasteiger partial charge in [0.15, 0.2) is 5.96 Å². The van der Waals surface area contributed by atoms with Crippen LogP contribution in [-0.2, 0) is 24.0 Å². The Hall–Kier alpha value is -2.01. The van der Waals surface area contributed by atoms with Gasteiger partial charge >= 0.3 is 6.18 Å². The van der Waals surface area contributed by atoms with Crippen LogP contribution in [0.1, 0.15) is 23.1 Å². The molecule has 30 heavy (non-hydrogen) atoms. The topological polar surface area (TPSA) is 54.9 Å². The molecule has 0 fully saturated rings. The van der Waals surface area contributed by atoms with Crippen LogP contribution >= 0.6 is 24.0 Å². The highest BCUT2D eigenvalue weighted by Crippen LogP contribution is 2.29. The highest BCUT2D eigenvalue weighted by Gasteiger charge is 2.30. The Morgan fingerprint density at radius 2 is 1.60 bits per heavy atom. The lowest BCUT2D eigenvalue weighted by atomic mass is 10.1. The number of benzene rings is 2. The van der Waals surface area contributed by atoms with Gasteiger partial charge in [0, 0.05) is 40.3 Å². The molecule has 0 unspecified atom stereocenters. The Morgan fingerprint density at radius 1 is 0.967 bits per heavy atom. The summed E-state index contributed by atoms with van der Waals surface area (Å²) in [7, 11) is 3.26. The number of guanidine groups is 1. The van der Waals surface area contributed by atoms with Crippen LogP contribution in [0.15, 0.2) is 53.5 Å². The standard InChI is InChI=1S/C21H26F3N3O2.HI/c1-25-20(26-14-16-6-3-8-18(12-16)21(22,23)24)27-15-17-7-4-9-19(13-17)29-11-5-10-28-2;/h3-4,6-9,12-13H,5,10-11,14-15H2,1-2H3,(H2,25,26,27);1H. The van der Waals surface area contributed by atoms with E-state index in [2.05, 4.69) is 15.6 Å². The lowest BCUT2D eigenvalue weighted by Crippen LogP contribution is -2.36. The normalized spacial score (nSPS) is 11.6. The summed E-state index contributed by atoms with van der Waals surface area (Å²) >= 11 is 0. The molecule has 0 saturated carbocycles. The van der Waals surface area contributed by atoms with Crippen LogP contribution in [0, 0.1) is 0 Å². The van der Waals surface area contributed by atoms with Gasteiger partial charge in [0.1, 0.15) is 5.75 Å². The zero-order chi connectivity index (χ0) is 21.1.